The number of esters is 1. The fraction of sp³-hybridized carbons (Fsp3) is 0.969. The predicted octanol–water partition coefficient (Wildman–Crippen LogP) is 7.17. The molecule has 0 aromatic carbocycles. The zero-order valence-corrected chi connectivity index (χ0v) is 24.7. The van der Waals surface area contributed by atoms with Crippen molar-refractivity contribution in [2.75, 3.05) is 0 Å². The summed E-state index contributed by atoms with van der Waals surface area (Å²) < 4.78 is 12.8. The number of aliphatic hydroxyl groups excluding tert-OH is 1. The molecule has 4 nitrogen and oxygen atoms in total. The summed E-state index contributed by atoms with van der Waals surface area (Å²) >= 11 is 0. The third-order valence-corrected chi connectivity index (χ3v) is 13.4. The molecular formula is C32H54O4. The fourth-order valence-corrected chi connectivity index (χ4v) is 11.2. The highest BCUT2D eigenvalue weighted by Crippen LogP contribution is 2.81. The van der Waals surface area contributed by atoms with E-state index in [1.165, 1.54) is 45.4 Å². The molecule has 1 spiro atoms. The quantitative estimate of drug-likeness (QED) is 0.309. The molecule has 5 rings (SSSR count). The maximum atomic E-state index is 11.9. The van der Waals surface area contributed by atoms with Crippen LogP contribution in [0.4, 0.5) is 0 Å². The van der Waals surface area contributed by atoms with Crippen molar-refractivity contribution in [1.82, 2.24) is 0 Å². The molecule has 0 radical (unpaired) electrons. The second kappa shape index (κ2) is 8.44. The molecule has 4 aliphatic carbocycles. The van der Waals surface area contributed by atoms with E-state index in [-0.39, 0.29) is 45.9 Å². The van der Waals surface area contributed by atoms with Crippen LogP contribution >= 0.6 is 0 Å². The molecule has 36 heavy (non-hydrogen) atoms. The third-order valence-electron chi connectivity index (χ3n) is 13.4. The highest BCUT2D eigenvalue weighted by atomic mass is 16.6. The van der Waals surface area contributed by atoms with Crippen LogP contribution in [0.1, 0.15) is 120 Å². The van der Waals surface area contributed by atoms with Crippen molar-refractivity contribution < 1.29 is 19.4 Å². The molecule has 0 bridgehead atoms. The Morgan fingerprint density at radius 1 is 1.00 bits per heavy atom. The van der Waals surface area contributed by atoms with E-state index in [0.717, 1.165) is 30.6 Å². The van der Waals surface area contributed by atoms with Crippen molar-refractivity contribution >= 4 is 5.97 Å². The molecule has 0 amide bonds. The predicted molar refractivity (Wildman–Crippen MR) is 143 cm³/mol. The van der Waals surface area contributed by atoms with Crippen molar-refractivity contribution in [3.63, 3.8) is 0 Å². The molecular weight excluding hydrogens is 448 g/mol. The van der Waals surface area contributed by atoms with Crippen molar-refractivity contribution in [3.05, 3.63) is 0 Å². The Kier molecular flexibility index (Phi) is 6.33. The molecule has 206 valence electrons. The molecule has 11 atom stereocenters. The number of carbonyl (C=O) groups is 1. The minimum atomic E-state index is -0.466. The summed E-state index contributed by atoms with van der Waals surface area (Å²) in [6, 6.07) is 0. The van der Waals surface area contributed by atoms with E-state index >= 15 is 0 Å². The van der Waals surface area contributed by atoms with Gasteiger partial charge in [-0.3, -0.25) is 4.79 Å². The molecule has 1 saturated heterocycles. The first-order valence-electron chi connectivity index (χ1n) is 15.2. The van der Waals surface area contributed by atoms with Crippen LogP contribution in [0, 0.1) is 51.2 Å². The Labute approximate surface area is 220 Å². The largest absolute Gasteiger partial charge is 0.462 e. The highest BCUT2D eigenvalue weighted by molar-refractivity contribution is 5.66. The van der Waals surface area contributed by atoms with Crippen molar-refractivity contribution in [1.29, 1.82) is 0 Å². The van der Waals surface area contributed by atoms with Crippen molar-refractivity contribution in [3.8, 4) is 0 Å². The Morgan fingerprint density at radius 3 is 2.33 bits per heavy atom. The van der Waals surface area contributed by atoms with Crippen LogP contribution in [0.25, 0.3) is 0 Å². The van der Waals surface area contributed by atoms with Crippen LogP contribution in [0.2, 0.25) is 0 Å². The topological polar surface area (TPSA) is 59.1 Å². The second-order valence-electron chi connectivity index (χ2n) is 15.5. The maximum absolute atomic E-state index is 11.9. The van der Waals surface area contributed by atoms with Gasteiger partial charge in [-0.05, 0) is 67.1 Å². The lowest BCUT2D eigenvalue weighted by Gasteiger charge is -2.67. The van der Waals surface area contributed by atoms with Gasteiger partial charge in [0.25, 0.3) is 0 Å². The second-order valence-corrected chi connectivity index (χ2v) is 15.5. The molecule has 5 unspecified atom stereocenters. The number of hydrogen-bond acceptors (Lipinski definition) is 4. The number of rotatable bonds is 6. The first-order valence-corrected chi connectivity index (χ1v) is 15.2. The van der Waals surface area contributed by atoms with Gasteiger partial charge in [0.2, 0.25) is 0 Å². The molecule has 0 aromatic heterocycles. The molecule has 1 aliphatic heterocycles. The Bertz CT molecular complexity index is 881. The first-order chi connectivity index (χ1) is 16.7. The lowest BCUT2D eigenvalue weighted by molar-refractivity contribution is -0.235. The summed E-state index contributed by atoms with van der Waals surface area (Å²) in [7, 11) is 0. The third kappa shape index (κ3) is 3.34. The Balaban J connectivity index is 1.44. The van der Waals surface area contributed by atoms with Crippen molar-refractivity contribution in [2.24, 2.45) is 51.2 Å². The molecule has 0 aromatic rings. The number of aliphatic hydroxyl groups is 1. The zero-order valence-electron chi connectivity index (χ0n) is 24.7. The molecule has 5 aliphatic rings. The fourth-order valence-electron chi connectivity index (χ4n) is 11.2. The summed E-state index contributed by atoms with van der Waals surface area (Å²) in [5.41, 5.74) is -0.0206. The Morgan fingerprint density at radius 2 is 1.69 bits per heavy atom. The van der Waals surface area contributed by atoms with Gasteiger partial charge in [-0.1, -0.05) is 74.7 Å². The van der Waals surface area contributed by atoms with Gasteiger partial charge in [-0.15, -0.1) is 0 Å². The highest BCUT2D eigenvalue weighted by Gasteiger charge is 2.84. The van der Waals surface area contributed by atoms with Gasteiger partial charge in [-0.2, -0.15) is 0 Å². The zero-order chi connectivity index (χ0) is 26.5. The average molecular weight is 503 g/mol. The summed E-state index contributed by atoms with van der Waals surface area (Å²) in [5, 5.41) is 11.8. The number of ether oxygens (including phenoxy) is 2. The number of hydrogen-bond donors (Lipinski definition) is 1. The summed E-state index contributed by atoms with van der Waals surface area (Å²) in [5.74, 6) is 2.73. The lowest BCUT2D eigenvalue weighted by atomic mass is 9.37. The Hall–Kier alpha value is -0.610. The minimum Gasteiger partial charge on any atom is -0.462 e. The molecule has 1 heterocycles. The van der Waals surface area contributed by atoms with Crippen LogP contribution in [-0.4, -0.2) is 35.0 Å². The van der Waals surface area contributed by atoms with Gasteiger partial charge >= 0.3 is 5.97 Å². The smallest absolute Gasteiger partial charge is 0.302 e. The van der Waals surface area contributed by atoms with Crippen LogP contribution in [0.5, 0.6) is 0 Å². The monoisotopic (exact) mass is 502 g/mol. The van der Waals surface area contributed by atoms with Gasteiger partial charge < -0.3 is 14.6 Å². The summed E-state index contributed by atoms with van der Waals surface area (Å²) in [6.07, 6.45) is 10.1. The van der Waals surface area contributed by atoms with E-state index in [4.69, 9.17) is 9.47 Å². The number of carbonyl (C=O) groups excluding carboxylic acids is 1. The van der Waals surface area contributed by atoms with Crippen molar-refractivity contribution in [2.45, 2.75) is 144 Å². The van der Waals surface area contributed by atoms with Gasteiger partial charge in [0.15, 0.2) is 0 Å². The van der Waals surface area contributed by atoms with Gasteiger partial charge in [-0.25, -0.2) is 0 Å². The van der Waals surface area contributed by atoms with Gasteiger partial charge in [0.1, 0.15) is 11.7 Å². The SMILES string of the molecule is CC(=O)OC1CC(O)[C@@]2(C)C(CC3OC34[C@@H]2CC[C@]2(C)[C@@H]([C@H](C)CCCC(C)C)CC[C@@]42C)C1(C)C. The van der Waals surface area contributed by atoms with E-state index in [1.54, 1.807) is 0 Å². The summed E-state index contributed by atoms with van der Waals surface area (Å²) in [4.78, 5) is 11.9. The lowest BCUT2D eigenvalue weighted by Crippen LogP contribution is -2.69. The standard InChI is InChI=1S/C32H54O4/c1-19(2)11-10-12-20(3)22-13-16-30(8)29(22,7)15-14-23-31(9)24(17-27-32(23,30)36-27)28(5,6)26(18-25(31)34)35-21(4)33/h19-20,22-27,34H,10-18H2,1-9H3/t20-,22-,23-,24?,25?,26?,27?,29-,30-,31-,32?/m1/s1. The van der Waals surface area contributed by atoms with Crippen LogP contribution in [-0.2, 0) is 14.3 Å². The first kappa shape index (κ1) is 27.0. The van der Waals surface area contributed by atoms with E-state index in [9.17, 15) is 9.90 Å². The maximum Gasteiger partial charge on any atom is 0.302 e. The van der Waals surface area contributed by atoms with E-state index in [2.05, 4.69) is 55.4 Å². The van der Waals surface area contributed by atoms with E-state index < -0.39 is 6.10 Å². The number of epoxide rings is 1. The van der Waals surface area contributed by atoms with Gasteiger partial charge in [0.05, 0.1) is 12.2 Å². The van der Waals surface area contributed by atoms with E-state index in [0.29, 0.717) is 17.8 Å². The summed E-state index contributed by atoms with van der Waals surface area (Å²) in [6.45, 7) is 20.8. The molecule has 5 fully saturated rings. The minimum absolute atomic E-state index is 0.0943. The molecule has 4 heteroatoms. The van der Waals surface area contributed by atoms with E-state index in [1.807, 2.05) is 0 Å². The molecule has 1 N–H and O–H groups in total. The van der Waals surface area contributed by atoms with Crippen LogP contribution < -0.4 is 0 Å². The normalized spacial score (nSPS) is 51.5. The average Bonchev–Trinajstić information content (AvgIpc) is 3.42. The molecule has 4 saturated carbocycles. The number of fused-ring (bicyclic) bond motifs is 3. The van der Waals surface area contributed by atoms with Gasteiger partial charge in [0, 0.05) is 29.6 Å². The van der Waals surface area contributed by atoms with Crippen LogP contribution in [0.15, 0.2) is 0 Å². The van der Waals surface area contributed by atoms with Crippen LogP contribution in [0.3, 0.4) is 0 Å².